The van der Waals surface area contributed by atoms with Gasteiger partial charge in [0.1, 0.15) is 12.1 Å². The predicted octanol–water partition coefficient (Wildman–Crippen LogP) is 2.13. The number of esters is 1. The van der Waals surface area contributed by atoms with E-state index in [1.807, 2.05) is 6.92 Å². The monoisotopic (exact) mass is 372 g/mol. The molecule has 0 saturated heterocycles. The summed E-state index contributed by atoms with van der Waals surface area (Å²) in [6.07, 6.45) is -1.13. The fourth-order valence-electron chi connectivity index (χ4n) is 1.81. The van der Waals surface area contributed by atoms with Gasteiger partial charge < -0.3 is 9.47 Å². The molecule has 0 fully saturated rings. The van der Waals surface area contributed by atoms with Crippen molar-refractivity contribution in [2.24, 2.45) is 0 Å². The highest BCUT2D eigenvalue weighted by Crippen LogP contribution is 2.18. The zero-order valence-corrected chi connectivity index (χ0v) is 15.8. The quantitative estimate of drug-likeness (QED) is 0.768. The van der Waals surface area contributed by atoms with Gasteiger partial charge in [-0.3, -0.25) is 4.79 Å². The molecule has 0 heterocycles. The second-order valence-electron chi connectivity index (χ2n) is 6.26. The summed E-state index contributed by atoms with van der Waals surface area (Å²) in [6, 6.07) is 6.44. The first-order valence-corrected chi connectivity index (χ1v) is 9.14. The smallest absolute Gasteiger partial charge is 0.422 e. The molecule has 9 heteroatoms. The number of aryl methyl sites for hydroxylation is 1. The summed E-state index contributed by atoms with van der Waals surface area (Å²) in [5, 5.41) is 0. The van der Waals surface area contributed by atoms with E-state index < -0.39 is 34.4 Å². The fourth-order valence-corrected chi connectivity index (χ4v) is 2.85. The fraction of sp³-hybridized carbons (Fsp3) is 0.500. The van der Waals surface area contributed by atoms with Gasteiger partial charge in [0.2, 0.25) is 0 Å². The van der Waals surface area contributed by atoms with E-state index in [0.29, 0.717) is 0 Å². The lowest BCUT2D eigenvalue weighted by Gasteiger charge is -2.25. The Hall–Kier alpha value is -2.29. The highest BCUT2D eigenvalue weighted by atomic mass is 32.2. The Morgan fingerprint density at radius 3 is 2.20 bits per heavy atom. The zero-order chi connectivity index (χ0) is 19.3. The molecule has 0 spiro atoms. The molecule has 0 bridgehead atoms. The largest absolute Gasteiger partial charge is 0.465 e. The Morgan fingerprint density at radius 2 is 1.72 bits per heavy atom. The maximum Gasteiger partial charge on any atom is 0.422 e. The second-order valence-corrected chi connectivity index (χ2v) is 7.85. The molecule has 0 atom stereocenters. The first-order chi connectivity index (χ1) is 11.4. The minimum absolute atomic E-state index is 0.111. The van der Waals surface area contributed by atoms with Gasteiger partial charge in [-0.25, -0.2) is 13.8 Å². The molecule has 140 valence electrons. The average molecular weight is 372 g/mol. The van der Waals surface area contributed by atoms with Crippen LogP contribution in [0.25, 0.3) is 0 Å². The number of anilines is 1. The number of nitrogens with zero attached hydrogens (tertiary/aromatic N) is 1. The van der Waals surface area contributed by atoms with Crippen LogP contribution in [0.5, 0.6) is 0 Å². The van der Waals surface area contributed by atoms with Gasteiger partial charge in [0.15, 0.2) is 0 Å². The minimum atomic E-state index is -4.37. The van der Waals surface area contributed by atoms with Crippen LogP contribution in [0.4, 0.5) is 10.5 Å². The Morgan fingerprint density at radius 1 is 1.16 bits per heavy atom. The lowest BCUT2D eigenvalue weighted by atomic mass is 10.2. The van der Waals surface area contributed by atoms with Crippen molar-refractivity contribution in [2.45, 2.75) is 40.2 Å². The zero-order valence-electron chi connectivity index (χ0n) is 15.0. The van der Waals surface area contributed by atoms with Crippen molar-refractivity contribution in [2.75, 3.05) is 17.5 Å². The molecular weight excluding hydrogens is 348 g/mol. The lowest BCUT2D eigenvalue weighted by Crippen LogP contribution is -2.47. The number of nitrogens with one attached hydrogen (secondary N) is 1. The van der Waals surface area contributed by atoms with Crippen molar-refractivity contribution in [1.82, 2.24) is 4.72 Å². The summed E-state index contributed by atoms with van der Waals surface area (Å²) in [6.45, 7) is 7.81. The molecule has 1 aromatic carbocycles. The molecule has 0 aliphatic carbocycles. The van der Waals surface area contributed by atoms with Crippen molar-refractivity contribution in [1.29, 1.82) is 0 Å². The van der Waals surface area contributed by atoms with Crippen LogP contribution in [0.15, 0.2) is 24.3 Å². The van der Waals surface area contributed by atoms with Gasteiger partial charge in [0, 0.05) is 0 Å². The number of hydrogen-bond acceptors (Lipinski definition) is 6. The maximum absolute atomic E-state index is 12.6. The van der Waals surface area contributed by atoms with Crippen LogP contribution < -0.4 is 9.03 Å². The van der Waals surface area contributed by atoms with Gasteiger partial charge in [0.25, 0.3) is 0 Å². The van der Waals surface area contributed by atoms with Crippen LogP contribution >= 0.6 is 0 Å². The molecular formula is C16H24N2O6S. The third-order valence-corrected chi connectivity index (χ3v) is 4.15. The predicted molar refractivity (Wildman–Crippen MR) is 93.4 cm³/mol. The molecule has 1 rings (SSSR count). The van der Waals surface area contributed by atoms with Crippen LogP contribution in [-0.4, -0.2) is 39.2 Å². The standard InChI is InChI=1S/C16H24N2O6S/c1-6-23-14(19)11-18(13-9-7-12(2)8-10-13)25(21,22)17-15(20)24-16(3,4)5/h7-10H,6,11H2,1-5H3,(H,17,20). The van der Waals surface area contributed by atoms with Crippen LogP contribution in [0.1, 0.15) is 33.3 Å². The van der Waals surface area contributed by atoms with Gasteiger partial charge in [0.05, 0.1) is 12.3 Å². The number of amides is 1. The number of hydrogen-bond donors (Lipinski definition) is 1. The topological polar surface area (TPSA) is 102 Å². The minimum Gasteiger partial charge on any atom is -0.465 e. The summed E-state index contributed by atoms with van der Waals surface area (Å²) in [5.74, 6) is -0.738. The molecule has 0 unspecified atom stereocenters. The van der Waals surface area contributed by atoms with Crippen molar-refractivity contribution in [3.63, 3.8) is 0 Å². The van der Waals surface area contributed by atoms with Crippen LogP contribution in [0.2, 0.25) is 0 Å². The lowest BCUT2D eigenvalue weighted by molar-refractivity contribution is -0.141. The maximum atomic E-state index is 12.6. The highest BCUT2D eigenvalue weighted by Gasteiger charge is 2.29. The molecule has 0 aliphatic heterocycles. The first-order valence-electron chi connectivity index (χ1n) is 7.70. The molecule has 8 nitrogen and oxygen atoms in total. The van der Waals surface area contributed by atoms with Crippen LogP contribution in [-0.2, 0) is 24.5 Å². The van der Waals surface area contributed by atoms with Gasteiger partial charge in [-0.2, -0.15) is 8.42 Å². The van der Waals surface area contributed by atoms with E-state index in [0.717, 1.165) is 9.87 Å². The van der Waals surface area contributed by atoms with Gasteiger partial charge in [-0.1, -0.05) is 17.7 Å². The Kier molecular flexibility index (Phi) is 6.80. The summed E-state index contributed by atoms with van der Waals surface area (Å²) < 4.78 is 37.4. The average Bonchev–Trinajstić information content (AvgIpc) is 2.43. The second kappa shape index (κ2) is 8.19. The van der Waals surface area contributed by atoms with Gasteiger partial charge in [-0.05, 0) is 46.8 Å². The summed E-state index contributed by atoms with van der Waals surface area (Å²) in [7, 11) is -4.37. The highest BCUT2D eigenvalue weighted by molar-refractivity contribution is 7.91. The van der Waals surface area contributed by atoms with E-state index in [1.54, 1.807) is 44.5 Å². The molecule has 0 saturated carbocycles. The number of benzene rings is 1. The number of carbonyl (C=O) groups is 2. The van der Waals surface area contributed by atoms with E-state index in [4.69, 9.17) is 9.47 Å². The van der Waals surface area contributed by atoms with Crippen LogP contribution in [0, 0.1) is 6.92 Å². The molecule has 1 amide bonds. The Balaban J connectivity index is 3.09. The van der Waals surface area contributed by atoms with E-state index >= 15 is 0 Å². The van der Waals surface area contributed by atoms with Gasteiger partial charge >= 0.3 is 22.3 Å². The molecule has 0 radical (unpaired) electrons. The summed E-state index contributed by atoms with van der Waals surface area (Å²) in [4.78, 5) is 23.6. The van der Waals surface area contributed by atoms with Crippen molar-refractivity contribution in [3.05, 3.63) is 29.8 Å². The number of ether oxygens (including phenoxy) is 2. The summed E-state index contributed by atoms with van der Waals surface area (Å²) >= 11 is 0. The SMILES string of the molecule is CCOC(=O)CN(c1ccc(C)cc1)S(=O)(=O)NC(=O)OC(C)(C)C. The number of rotatable bonds is 6. The van der Waals surface area contributed by atoms with Crippen molar-refractivity contribution >= 4 is 28.0 Å². The molecule has 0 aromatic heterocycles. The third kappa shape index (κ3) is 7.00. The van der Waals surface area contributed by atoms with E-state index in [9.17, 15) is 18.0 Å². The first kappa shape index (κ1) is 20.8. The van der Waals surface area contributed by atoms with E-state index in [1.165, 1.54) is 12.1 Å². The molecule has 1 N–H and O–H groups in total. The van der Waals surface area contributed by atoms with Gasteiger partial charge in [-0.15, -0.1) is 0 Å². The third-order valence-electron chi connectivity index (χ3n) is 2.80. The molecule has 0 aliphatic rings. The molecule has 25 heavy (non-hydrogen) atoms. The van der Waals surface area contributed by atoms with Crippen molar-refractivity contribution < 1.29 is 27.5 Å². The van der Waals surface area contributed by atoms with E-state index in [-0.39, 0.29) is 12.3 Å². The van der Waals surface area contributed by atoms with Crippen LogP contribution in [0.3, 0.4) is 0 Å². The Labute approximate surface area is 148 Å². The van der Waals surface area contributed by atoms with Crippen molar-refractivity contribution in [3.8, 4) is 0 Å². The number of carbonyl (C=O) groups excluding carboxylic acids is 2. The normalized spacial score (nSPS) is 11.6. The van der Waals surface area contributed by atoms with E-state index in [2.05, 4.69) is 0 Å². The Bertz CT molecular complexity index is 707. The summed E-state index contributed by atoms with van der Waals surface area (Å²) in [5.41, 5.74) is 0.266. The molecule has 1 aromatic rings.